The van der Waals surface area contributed by atoms with Crippen molar-refractivity contribution < 1.29 is 24.2 Å². The highest BCUT2D eigenvalue weighted by atomic mass is 32.2. The SMILES string of the molecule is COC(=O)c1ccc(/C=C2\SC(=Nc3ccccc3C(=O)O)N(C)C2=O)cc1. The molecule has 1 fully saturated rings. The van der Waals surface area contributed by atoms with E-state index < -0.39 is 11.9 Å². The number of rotatable bonds is 4. The first-order valence-corrected chi connectivity index (χ1v) is 8.99. The van der Waals surface area contributed by atoms with Gasteiger partial charge in [0.25, 0.3) is 5.91 Å². The number of carboxylic acid groups (broad SMARTS) is 1. The molecule has 0 unspecified atom stereocenters. The van der Waals surface area contributed by atoms with Gasteiger partial charge in [0.2, 0.25) is 0 Å². The summed E-state index contributed by atoms with van der Waals surface area (Å²) in [5.74, 6) is -1.76. The standard InChI is InChI=1S/C20H16N2O5S/c1-22-17(23)16(11-12-7-9-13(10-8-12)19(26)27-2)28-20(22)21-15-6-4-3-5-14(15)18(24)25/h3-11H,1-2H3,(H,24,25)/b16-11-,21-20?. The van der Waals surface area contributed by atoms with Gasteiger partial charge in [0.05, 0.1) is 28.8 Å². The molecule has 28 heavy (non-hydrogen) atoms. The third-order valence-electron chi connectivity index (χ3n) is 3.98. The number of aromatic carboxylic acids is 1. The number of likely N-dealkylation sites (N-methyl/N-ethyl adjacent to an activating group) is 1. The lowest BCUT2D eigenvalue weighted by molar-refractivity contribution is -0.121. The molecule has 1 aliphatic heterocycles. The highest BCUT2D eigenvalue weighted by Gasteiger charge is 2.30. The van der Waals surface area contributed by atoms with Gasteiger partial charge < -0.3 is 9.84 Å². The molecule has 2 aromatic rings. The van der Waals surface area contributed by atoms with Crippen LogP contribution in [0, 0.1) is 0 Å². The lowest BCUT2D eigenvalue weighted by Crippen LogP contribution is -2.23. The van der Waals surface area contributed by atoms with Gasteiger partial charge in [-0.25, -0.2) is 14.6 Å². The first-order valence-electron chi connectivity index (χ1n) is 8.17. The molecule has 1 saturated heterocycles. The van der Waals surface area contributed by atoms with Crippen molar-refractivity contribution in [2.45, 2.75) is 0 Å². The van der Waals surface area contributed by atoms with E-state index in [0.29, 0.717) is 15.6 Å². The molecule has 0 spiro atoms. The van der Waals surface area contributed by atoms with E-state index in [1.807, 2.05) is 0 Å². The van der Waals surface area contributed by atoms with Crippen molar-refractivity contribution >= 4 is 46.5 Å². The molecule has 7 nitrogen and oxygen atoms in total. The molecule has 1 amide bonds. The van der Waals surface area contributed by atoms with Crippen molar-refractivity contribution in [1.82, 2.24) is 4.90 Å². The molecule has 0 aromatic heterocycles. The van der Waals surface area contributed by atoms with Gasteiger partial charge >= 0.3 is 11.9 Å². The van der Waals surface area contributed by atoms with Crippen molar-refractivity contribution in [3.8, 4) is 0 Å². The summed E-state index contributed by atoms with van der Waals surface area (Å²) in [4.78, 5) is 41.5. The van der Waals surface area contributed by atoms with Crippen molar-refractivity contribution in [1.29, 1.82) is 0 Å². The van der Waals surface area contributed by atoms with E-state index in [4.69, 9.17) is 0 Å². The molecule has 8 heteroatoms. The number of esters is 1. The van der Waals surface area contributed by atoms with Gasteiger partial charge in [0, 0.05) is 7.05 Å². The van der Waals surface area contributed by atoms with Crippen LogP contribution >= 0.6 is 11.8 Å². The number of hydrogen-bond donors (Lipinski definition) is 1. The lowest BCUT2D eigenvalue weighted by Gasteiger charge is -2.08. The zero-order chi connectivity index (χ0) is 20.3. The first kappa shape index (κ1) is 19.4. The number of methoxy groups -OCH3 is 1. The number of para-hydroxylation sites is 1. The molecule has 0 atom stereocenters. The van der Waals surface area contributed by atoms with Crippen LogP contribution in [-0.2, 0) is 9.53 Å². The minimum Gasteiger partial charge on any atom is -0.478 e. The number of hydrogen-bond acceptors (Lipinski definition) is 6. The minimum atomic E-state index is -1.08. The third kappa shape index (κ3) is 3.96. The van der Waals surface area contributed by atoms with Crippen molar-refractivity contribution in [2.24, 2.45) is 4.99 Å². The molecule has 1 aliphatic rings. The Morgan fingerprint density at radius 3 is 2.46 bits per heavy atom. The number of amidine groups is 1. The lowest BCUT2D eigenvalue weighted by atomic mass is 10.1. The van der Waals surface area contributed by atoms with Gasteiger partial charge in [-0.15, -0.1) is 0 Å². The Bertz CT molecular complexity index is 1010. The highest BCUT2D eigenvalue weighted by Crippen LogP contribution is 2.33. The second-order valence-corrected chi connectivity index (χ2v) is 6.81. The molecular formula is C20H16N2O5S. The number of ether oxygens (including phenoxy) is 1. The summed E-state index contributed by atoms with van der Waals surface area (Å²) < 4.78 is 4.66. The van der Waals surface area contributed by atoms with Gasteiger partial charge in [-0.05, 0) is 47.7 Å². The maximum atomic E-state index is 12.5. The number of carbonyl (C=O) groups is 3. The fourth-order valence-electron chi connectivity index (χ4n) is 2.49. The summed E-state index contributed by atoms with van der Waals surface area (Å²) in [5.41, 5.74) is 1.50. The molecule has 142 valence electrons. The van der Waals surface area contributed by atoms with Crippen LogP contribution < -0.4 is 0 Å². The predicted molar refractivity (Wildman–Crippen MR) is 107 cm³/mol. The second-order valence-electron chi connectivity index (χ2n) is 5.81. The minimum absolute atomic E-state index is 0.0623. The van der Waals surface area contributed by atoms with E-state index in [9.17, 15) is 19.5 Å². The molecule has 0 bridgehead atoms. The Morgan fingerprint density at radius 1 is 1.14 bits per heavy atom. The van der Waals surface area contributed by atoms with Crippen LogP contribution in [-0.4, -0.2) is 47.2 Å². The summed E-state index contributed by atoms with van der Waals surface area (Å²) in [6, 6.07) is 13.0. The van der Waals surface area contributed by atoms with Crippen LogP contribution in [0.2, 0.25) is 0 Å². The maximum absolute atomic E-state index is 12.5. The molecule has 3 rings (SSSR count). The molecule has 0 radical (unpaired) electrons. The molecule has 1 N–H and O–H groups in total. The summed E-state index contributed by atoms with van der Waals surface area (Å²) in [5, 5.41) is 9.67. The number of carboxylic acids is 1. The van der Waals surface area contributed by atoms with E-state index in [-0.39, 0.29) is 17.2 Å². The second kappa shape index (κ2) is 8.10. The average molecular weight is 396 g/mol. The van der Waals surface area contributed by atoms with Crippen LogP contribution in [0.1, 0.15) is 26.3 Å². The Hall–Kier alpha value is -3.39. The van der Waals surface area contributed by atoms with Gasteiger partial charge in [-0.2, -0.15) is 0 Å². The van der Waals surface area contributed by atoms with Crippen LogP contribution in [0.15, 0.2) is 58.4 Å². The van der Waals surface area contributed by atoms with E-state index in [0.717, 1.165) is 17.3 Å². The average Bonchev–Trinajstić information content (AvgIpc) is 2.96. The van der Waals surface area contributed by atoms with Gasteiger partial charge in [0.15, 0.2) is 5.17 Å². The number of aliphatic imine (C=N–C) groups is 1. The van der Waals surface area contributed by atoms with Crippen molar-refractivity contribution in [3.05, 3.63) is 70.1 Å². The number of amides is 1. The zero-order valence-corrected chi connectivity index (χ0v) is 15.9. The monoisotopic (exact) mass is 396 g/mol. The van der Waals surface area contributed by atoms with Crippen molar-refractivity contribution in [2.75, 3.05) is 14.2 Å². The molecule has 2 aromatic carbocycles. The fourth-order valence-corrected chi connectivity index (χ4v) is 3.47. The van der Waals surface area contributed by atoms with Gasteiger partial charge in [-0.1, -0.05) is 24.3 Å². The number of thioether (sulfide) groups is 1. The van der Waals surface area contributed by atoms with E-state index in [2.05, 4.69) is 9.73 Å². The Labute approximate surface area is 165 Å². The molecule has 0 saturated carbocycles. The summed E-state index contributed by atoms with van der Waals surface area (Å²) >= 11 is 1.15. The Morgan fingerprint density at radius 2 is 1.82 bits per heavy atom. The van der Waals surface area contributed by atoms with Crippen LogP contribution in [0.25, 0.3) is 6.08 Å². The summed E-state index contributed by atoms with van der Waals surface area (Å²) in [6.45, 7) is 0. The molecular weight excluding hydrogens is 380 g/mol. The van der Waals surface area contributed by atoms with E-state index in [1.54, 1.807) is 55.6 Å². The maximum Gasteiger partial charge on any atom is 0.337 e. The zero-order valence-electron chi connectivity index (χ0n) is 15.1. The van der Waals surface area contributed by atoms with Gasteiger partial charge in [0.1, 0.15) is 0 Å². The first-order chi connectivity index (χ1) is 13.4. The number of nitrogens with zero attached hydrogens (tertiary/aromatic N) is 2. The molecule has 1 heterocycles. The van der Waals surface area contributed by atoms with Crippen LogP contribution in [0.5, 0.6) is 0 Å². The van der Waals surface area contributed by atoms with Crippen LogP contribution in [0.3, 0.4) is 0 Å². The number of benzene rings is 2. The quantitative estimate of drug-likeness (QED) is 0.628. The van der Waals surface area contributed by atoms with Crippen molar-refractivity contribution in [3.63, 3.8) is 0 Å². The largest absolute Gasteiger partial charge is 0.478 e. The van der Waals surface area contributed by atoms with Gasteiger partial charge in [-0.3, -0.25) is 9.69 Å². The molecule has 0 aliphatic carbocycles. The smallest absolute Gasteiger partial charge is 0.337 e. The predicted octanol–water partition coefficient (Wildman–Crippen LogP) is 3.41. The topological polar surface area (TPSA) is 96.3 Å². The normalized spacial score (nSPS) is 16.6. The third-order valence-corrected chi connectivity index (χ3v) is 5.04. The summed E-state index contributed by atoms with van der Waals surface area (Å²) in [7, 11) is 2.89. The Balaban J connectivity index is 1.88. The Kier molecular flexibility index (Phi) is 5.60. The summed E-state index contributed by atoms with van der Waals surface area (Å²) in [6.07, 6.45) is 1.69. The highest BCUT2D eigenvalue weighted by molar-refractivity contribution is 8.18. The van der Waals surface area contributed by atoms with E-state index >= 15 is 0 Å². The number of carbonyl (C=O) groups excluding carboxylic acids is 2. The van der Waals surface area contributed by atoms with E-state index in [1.165, 1.54) is 18.1 Å². The fraction of sp³-hybridized carbons (Fsp3) is 0.100. The van der Waals surface area contributed by atoms with Crippen LogP contribution in [0.4, 0.5) is 5.69 Å².